The standard InChI is InChI=1S/C17H17N3O5/c1-17(2)11-18(10-12-3-5-13(6-4-12)19(21)22)15-9-14(20(23)24)7-8-16(15)25-17/h3-9H,10-11H2,1-2H3. The minimum atomic E-state index is -0.454. The van der Waals surface area contributed by atoms with Crippen LogP contribution >= 0.6 is 0 Å². The first-order valence-electron chi connectivity index (χ1n) is 7.71. The summed E-state index contributed by atoms with van der Waals surface area (Å²) >= 11 is 0. The number of nitro benzene ring substituents is 2. The fourth-order valence-electron chi connectivity index (χ4n) is 2.91. The highest BCUT2D eigenvalue weighted by Crippen LogP contribution is 2.40. The Morgan fingerprint density at radius 3 is 2.24 bits per heavy atom. The van der Waals surface area contributed by atoms with Crippen molar-refractivity contribution in [2.75, 3.05) is 11.4 Å². The molecule has 0 radical (unpaired) electrons. The molecule has 0 aromatic heterocycles. The van der Waals surface area contributed by atoms with Crippen molar-refractivity contribution in [1.82, 2.24) is 0 Å². The van der Waals surface area contributed by atoms with Gasteiger partial charge in [0, 0.05) is 30.8 Å². The maximum absolute atomic E-state index is 11.1. The van der Waals surface area contributed by atoms with Crippen molar-refractivity contribution in [2.24, 2.45) is 0 Å². The molecule has 0 unspecified atom stereocenters. The van der Waals surface area contributed by atoms with Crippen LogP contribution in [-0.4, -0.2) is 22.0 Å². The molecule has 8 heteroatoms. The molecule has 1 aliphatic heterocycles. The molecule has 130 valence electrons. The summed E-state index contributed by atoms with van der Waals surface area (Å²) in [6.45, 7) is 4.90. The molecule has 0 fully saturated rings. The van der Waals surface area contributed by atoms with E-state index in [9.17, 15) is 20.2 Å². The number of fused-ring (bicyclic) bond motifs is 1. The SMILES string of the molecule is CC1(C)CN(Cc2ccc([N+](=O)[O-])cc2)c2cc([N+](=O)[O-])ccc2O1. The van der Waals surface area contributed by atoms with Crippen LogP contribution in [0.5, 0.6) is 5.75 Å². The van der Waals surface area contributed by atoms with Crippen LogP contribution in [0.15, 0.2) is 42.5 Å². The van der Waals surface area contributed by atoms with Gasteiger partial charge >= 0.3 is 0 Å². The van der Waals surface area contributed by atoms with Gasteiger partial charge in [0.15, 0.2) is 0 Å². The van der Waals surface area contributed by atoms with Gasteiger partial charge in [-0.1, -0.05) is 12.1 Å². The molecular formula is C17H17N3O5. The Kier molecular flexibility index (Phi) is 4.03. The van der Waals surface area contributed by atoms with Crippen LogP contribution in [0, 0.1) is 20.2 Å². The van der Waals surface area contributed by atoms with E-state index in [4.69, 9.17) is 4.74 Å². The van der Waals surface area contributed by atoms with Crippen LogP contribution in [0.25, 0.3) is 0 Å². The summed E-state index contributed by atoms with van der Waals surface area (Å²) in [7, 11) is 0. The highest BCUT2D eigenvalue weighted by Gasteiger charge is 2.32. The Bertz CT molecular complexity index is 833. The fraction of sp³-hybridized carbons (Fsp3) is 0.294. The lowest BCUT2D eigenvalue weighted by Gasteiger charge is -2.40. The van der Waals surface area contributed by atoms with Gasteiger partial charge in [-0.2, -0.15) is 0 Å². The molecule has 25 heavy (non-hydrogen) atoms. The van der Waals surface area contributed by atoms with E-state index in [0.29, 0.717) is 24.5 Å². The smallest absolute Gasteiger partial charge is 0.271 e. The number of hydrogen-bond acceptors (Lipinski definition) is 6. The van der Waals surface area contributed by atoms with Crippen molar-refractivity contribution >= 4 is 17.1 Å². The minimum absolute atomic E-state index is 0.00393. The summed E-state index contributed by atoms with van der Waals surface area (Å²) in [5.41, 5.74) is 1.09. The van der Waals surface area contributed by atoms with Crippen LogP contribution in [0.2, 0.25) is 0 Å². The number of anilines is 1. The molecule has 0 atom stereocenters. The lowest BCUT2D eigenvalue weighted by molar-refractivity contribution is -0.385. The Morgan fingerprint density at radius 1 is 1.04 bits per heavy atom. The van der Waals surface area contributed by atoms with E-state index in [-0.39, 0.29) is 11.4 Å². The minimum Gasteiger partial charge on any atom is -0.484 e. The molecule has 2 aromatic rings. The van der Waals surface area contributed by atoms with Crippen LogP contribution in [0.3, 0.4) is 0 Å². The van der Waals surface area contributed by atoms with Gasteiger partial charge in [-0.05, 0) is 25.5 Å². The molecule has 3 rings (SSSR count). The molecule has 1 heterocycles. The number of benzene rings is 2. The third kappa shape index (κ3) is 3.52. The molecule has 0 amide bonds. The Morgan fingerprint density at radius 2 is 1.64 bits per heavy atom. The van der Waals surface area contributed by atoms with Crippen molar-refractivity contribution in [3.05, 3.63) is 68.3 Å². The normalized spacial score (nSPS) is 15.2. The first kappa shape index (κ1) is 16.7. The Labute approximate surface area is 143 Å². The largest absolute Gasteiger partial charge is 0.484 e. The summed E-state index contributed by atoms with van der Waals surface area (Å²) in [6, 6.07) is 10.8. The van der Waals surface area contributed by atoms with Crippen LogP contribution < -0.4 is 9.64 Å². The third-order valence-corrected chi connectivity index (χ3v) is 3.97. The van der Waals surface area contributed by atoms with E-state index in [1.165, 1.54) is 24.3 Å². The van der Waals surface area contributed by atoms with Crippen molar-refractivity contribution in [1.29, 1.82) is 0 Å². The molecule has 0 spiro atoms. The average molecular weight is 343 g/mol. The first-order chi connectivity index (χ1) is 11.7. The molecule has 0 saturated carbocycles. The van der Waals surface area contributed by atoms with Gasteiger partial charge in [-0.25, -0.2) is 0 Å². The lowest BCUT2D eigenvalue weighted by atomic mass is 10.0. The Balaban J connectivity index is 1.93. The summed E-state index contributed by atoms with van der Waals surface area (Å²) < 4.78 is 5.92. The molecular weight excluding hydrogens is 326 g/mol. The van der Waals surface area contributed by atoms with E-state index in [1.807, 2.05) is 18.7 Å². The van der Waals surface area contributed by atoms with E-state index in [0.717, 1.165) is 5.56 Å². The van der Waals surface area contributed by atoms with E-state index < -0.39 is 15.4 Å². The molecule has 2 aromatic carbocycles. The number of rotatable bonds is 4. The number of ether oxygens (including phenoxy) is 1. The van der Waals surface area contributed by atoms with Gasteiger partial charge in [0.2, 0.25) is 0 Å². The highest BCUT2D eigenvalue weighted by atomic mass is 16.6. The summed E-state index contributed by atoms with van der Waals surface area (Å²) in [5, 5.41) is 21.8. The molecule has 0 bridgehead atoms. The summed E-state index contributed by atoms with van der Waals surface area (Å²) in [6.07, 6.45) is 0. The summed E-state index contributed by atoms with van der Waals surface area (Å²) in [4.78, 5) is 22.9. The highest BCUT2D eigenvalue weighted by molar-refractivity contribution is 5.65. The number of nitrogens with zero attached hydrogens (tertiary/aromatic N) is 3. The number of non-ortho nitro benzene ring substituents is 2. The third-order valence-electron chi connectivity index (χ3n) is 3.97. The van der Waals surface area contributed by atoms with Gasteiger partial charge in [0.1, 0.15) is 11.4 Å². The molecule has 1 aliphatic rings. The predicted octanol–water partition coefficient (Wildman–Crippen LogP) is 3.68. The zero-order chi connectivity index (χ0) is 18.2. The predicted molar refractivity (Wildman–Crippen MR) is 91.9 cm³/mol. The quantitative estimate of drug-likeness (QED) is 0.620. The topological polar surface area (TPSA) is 98.8 Å². The zero-order valence-corrected chi connectivity index (χ0v) is 13.8. The van der Waals surface area contributed by atoms with Gasteiger partial charge in [-0.3, -0.25) is 20.2 Å². The van der Waals surface area contributed by atoms with Gasteiger partial charge in [0.05, 0.1) is 22.1 Å². The lowest BCUT2D eigenvalue weighted by Crippen LogP contribution is -2.46. The van der Waals surface area contributed by atoms with Gasteiger partial charge in [-0.15, -0.1) is 0 Å². The van der Waals surface area contributed by atoms with Crippen molar-refractivity contribution < 1.29 is 14.6 Å². The van der Waals surface area contributed by atoms with Crippen LogP contribution in [0.1, 0.15) is 19.4 Å². The number of hydrogen-bond donors (Lipinski definition) is 0. The Hall–Kier alpha value is -3.16. The maximum atomic E-state index is 11.1. The van der Waals surface area contributed by atoms with E-state index >= 15 is 0 Å². The monoisotopic (exact) mass is 343 g/mol. The van der Waals surface area contributed by atoms with Gasteiger partial charge in [0.25, 0.3) is 11.4 Å². The summed E-state index contributed by atoms with van der Waals surface area (Å²) in [5.74, 6) is 0.587. The van der Waals surface area contributed by atoms with Crippen molar-refractivity contribution in [2.45, 2.75) is 26.0 Å². The molecule has 0 N–H and O–H groups in total. The van der Waals surface area contributed by atoms with Crippen molar-refractivity contribution in [3.8, 4) is 5.75 Å². The second-order valence-corrected chi connectivity index (χ2v) is 6.55. The molecule has 8 nitrogen and oxygen atoms in total. The first-order valence-corrected chi connectivity index (χ1v) is 7.71. The molecule has 0 saturated heterocycles. The van der Waals surface area contributed by atoms with Crippen molar-refractivity contribution in [3.63, 3.8) is 0 Å². The zero-order valence-electron chi connectivity index (χ0n) is 13.8. The van der Waals surface area contributed by atoms with E-state index in [2.05, 4.69) is 0 Å². The van der Waals surface area contributed by atoms with Crippen LogP contribution in [-0.2, 0) is 6.54 Å². The second-order valence-electron chi connectivity index (χ2n) is 6.55. The second kappa shape index (κ2) is 6.04. The van der Waals surface area contributed by atoms with E-state index in [1.54, 1.807) is 18.2 Å². The average Bonchev–Trinajstić information content (AvgIpc) is 2.54. The van der Waals surface area contributed by atoms with Crippen LogP contribution in [0.4, 0.5) is 17.1 Å². The van der Waals surface area contributed by atoms with Gasteiger partial charge < -0.3 is 9.64 Å². The number of nitro groups is 2. The fourth-order valence-corrected chi connectivity index (χ4v) is 2.91. The maximum Gasteiger partial charge on any atom is 0.271 e. The molecule has 0 aliphatic carbocycles.